The van der Waals surface area contributed by atoms with Gasteiger partial charge in [0.15, 0.2) is 14.1 Å². The van der Waals surface area contributed by atoms with Crippen LogP contribution in [0.5, 0.6) is 0 Å². The van der Waals surface area contributed by atoms with Crippen molar-refractivity contribution in [3.63, 3.8) is 0 Å². The van der Waals surface area contributed by atoms with E-state index in [4.69, 9.17) is 9.16 Å². The Morgan fingerprint density at radius 3 is 2.62 bits per heavy atom. The first-order valence-electron chi connectivity index (χ1n) is 5.34. The predicted octanol–water partition coefficient (Wildman–Crippen LogP) is 1.67. The third-order valence-electron chi connectivity index (χ3n) is 2.03. The predicted molar refractivity (Wildman–Crippen MR) is 62.5 cm³/mol. The lowest BCUT2D eigenvalue weighted by Crippen LogP contribution is -2.35. The summed E-state index contributed by atoms with van der Waals surface area (Å²) in [4.78, 5) is 22.0. The smallest absolute Gasteiger partial charge is 0.309 e. The summed E-state index contributed by atoms with van der Waals surface area (Å²) in [6, 6.07) is 0. The lowest BCUT2D eigenvalue weighted by atomic mass is 10.1. The molecule has 0 aromatic rings. The molecule has 0 spiro atoms. The molecule has 1 saturated heterocycles. The fraction of sp³-hybridized carbons (Fsp3) is 0.636. The maximum Gasteiger partial charge on any atom is 0.309 e. The average Bonchev–Trinajstić information content (AvgIpc) is 2.39. The Morgan fingerprint density at radius 1 is 1.50 bits per heavy atom. The number of cyclic esters (lactones) is 1. The van der Waals surface area contributed by atoms with Crippen LogP contribution in [-0.4, -0.2) is 32.3 Å². The summed E-state index contributed by atoms with van der Waals surface area (Å²) in [5.41, 5.74) is 0. The fourth-order valence-corrected chi connectivity index (χ4v) is 2.64. The van der Waals surface area contributed by atoms with E-state index in [0.29, 0.717) is 0 Å². The van der Waals surface area contributed by atoms with Gasteiger partial charge in [0.05, 0.1) is 12.5 Å². The Labute approximate surface area is 96.7 Å². The monoisotopic (exact) mass is 242 g/mol. The van der Waals surface area contributed by atoms with Crippen molar-refractivity contribution in [3.05, 3.63) is 12.2 Å². The minimum atomic E-state index is -1.70. The highest BCUT2D eigenvalue weighted by molar-refractivity contribution is 6.69. The maximum atomic E-state index is 11.2. The zero-order valence-corrected chi connectivity index (χ0v) is 11.1. The zero-order valence-electron chi connectivity index (χ0n) is 10.1. The van der Waals surface area contributed by atoms with Gasteiger partial charge in [0, 0.05) is 0 Å². The molecule has 90 valence electrons. The number of esters is 1. The molecule has 1 heterocycles. The molecule has 4 nitrogen and oxygen atoms in total. The van der Waals surface area contributed by atoms with Crippen LogP contribution >= 0.6 is 0 Å². The molecule has 1 fully saturated rings. The van der Waals surface area contributed by atoms with Crippen molar-refractivity contribution in [2.24, 2.45) is 0 Å². The standard InChI is InChI=1S/C11H18O4Si/c1-8(12)5-6-9-10(7-11(13)14-9)15-16(2,3)4/h5-6,9-10H,7H2,1-4H3/b6-5+/t9-,10-/m1/s1. The second-order valence-electron chi connectivity index (χ2n) is 4.90. The number of ether oxygens (including phenoxy) is 1. The number of hydrogen-bond donors (Lipinski definition) is 0. The third-order valence-corrected chi connectivity index (χ3v) is 3.04. The van der Waals surface area contributed by atoms with E-state index < -0.39 is 14.4 Å². The Bertz CT molecular complexity index is 316. The summed E-state index contributed by atoms with van der Waals surface area (Å²) in [6.07, 6.45) is 2.65. The highest BCUT2D eigenvalue weighted by Gasteiger charge is 2.36. The van der Waals surface area contributed by atoms with Crippen molar-refractivity contribution < 1.29 is 18.8 Å². The third kappa shape index (κ3) is 4.28. The summed E-state index contributed by atoms with van der Waals surface area (Å²) in [5.74, 6) is -0.323. The van der Waals surface area contributed by atoms with Gasteiger partial charge in [0.1, 0.15) is 6.10 Å². The molecule has 16 heavy (non-hydrogen) atoms. The first kappa shape index (κ1) is 13.1. The van der Waals surface area contributed by atoms with E-state index in [0.717, 1.165) is 0 Å². The van der Waals surface area contributed by atoms with Gasteiger partial charge in [-0.1, -0.05) is 0 Å². The number of allylic oxidation sites excluding steroid dienone is 1. The Morgan fingerprint density at radius 2 is 2.12 bits per heavy atom. The quantitative estimate of drug-likeness (QED) is 0.427. The lowest BCUT2D eigenvalue weighted by Gasteiger charge is -2.24. The van der Waals surface area contributed by atoms with Crippen LogP contribution in [0.15, 0.2) is 12.2 Å². The summed E-state index contributed by atoms with van der Waals surface area (Å²) < 4.78 is 10.9. The molecule has 0 bridgehead atoms. The number of rotatable bonds is 4. The molecular formula is C11H18O4Si. The first-order chi connectivity index (χ1) is 7.28. The van der Waals surface area contributed by atoms with Gasteiger partial charge >= 0.3 is 5.97 Å². The molecule has 0 unspecified atom stereocenters. The molecule has 2 atom stereocenters. The van der Waals surface area contributed by atoms with Crippen LogP contribution < -0.4 is 0 Å². The van der Waals surface area contributed by atoms with Crippen LogP contribution in [0.1, 0.15) is 13.3 Å². The van der Waals surface area contributed by atoms with Gasteiger partial charge in [-0.25, -0.2) is 0 Å². The van der Waals surface area contributed by atoms with E-state index in [-0.39, 0.29) is 24.3 Å². The largest absolute Gasteiger partial charge is 0.455 e. The van der Waals surface area contributed by atoms with Crippen LogP contribution in [0, 0.1) is 0 Å². The summed E-state index contributed by atoms with van der Waals surface area (Å²) in [5, 5.41) is 0. The van der Waals surface area contributed by atoms with Crippen LogP contribution in [0.4, 0.5) is 0 Å². The van der Waals surface area contributed by atoms with Crippen molar-refractivity contribution in [2.45, 2.75) is 45.2 Å². The second kappa shape index (κ2) is 4.93. The zero-order chi connectivity index (χ0) is 12.3. The van der Waals surface area contributed by atoms with E-state index in [2.05, 4.69) is 19.6 Å². The van der Waals surface area contributed by atoms with Crippen LogP contribution in [0.3, 0.4) is 0 Å². The Hall–Kier alpha value is -0.943. The van der Waals surface area contributed by atoms with E-state index in [1.54, 1.807) is 6.08 Å². The minimum absolute atomic E-state index is 0.0605. The van der Waals surface area contributed by atoms with Gasteiger partial charge in [-0.2, -0.15) is 0 Å². The van der Waals surface area contributed by atoms with Crippen molar-refractivity contribution in [1.82, 2.24) is 0 Å². The van der Waals surface area contributed by atoms with Crippen LogP contribution in [0.2, 0.25) is 19.6 Å². The number of ketones is 1. The number of carbonyl (C=O) groups is 2. The molecule has 5 heteroatoms. The van der Waals surface area contributed by atoms with Gasteiger partial charge in [-0.15, -0.1) is 0 Å². The van der Waals surface area contributed by atoms with E-state index >= 15 is 0 Å². The fourth-order valence-electron chi connectivity index (χ4n) is 1.51. The Balaban J connectivity index is 2.67. The van der Waals surface area contributed by atoms with E-state index in [1.807, 2.05) is 0 Å². The SMILES string of the molecule is CC(=O)/C=C/[C@H]1OC(=O)C[C@H]1O[Si](C)(C)C. The van der Waals surface area contributed by atoms with Crippen molar-refractivity contribution in [3.8, 4) is 0 Å². The molecule has 0 aromatic heterocycles. The summed E-state index contributed by atoms with van der Waals surface area (Å²) >= 11 is 0. The topological polar surface area (TPSA) is 52.6 Å². The summed E-state index contributed by atoms with van der Waals surface area (Å²) in [7, 11) is -1.70. The van der Waals surface area contributed by atoms with Crippen molar-refractivity contribution in [1.29, 1.82) is 0 Å². The molecule has 0 N–H and O–H groups in total. The van der Waals surface area contributed by atoms with Gasteiger partial charge in [-0.3, -0.25) is 9.59 Å². The van der Waals surface area contributed by atoms with Gasteiger partial charge in [0.25, 0.3) is 0 Å². The van der Waals surface area contributed by atoms with E-state index in [9.17, 15) is 9.59 Å². The number of carbonyl (C=O) groups excluding carboxylic acids is 2. The number of hydrogen-bond acceptors (Lipinski definition) is 4. The Kier molecular flexibility index (Phi) is 4.04. The molecule has 0 aliphatic carbocycles. The van der Waals surface area contributed by atoms with E-state index in [1.165, 1.54) is 13.0 Å². The average molecular weight is 242 g/mol. The van der Waals surface area contributed by atoms with Crippen molar-refractivity contribution >= 4 is 20.1 Å². The molecular weight excluding hydrogens is 224 g/mol. The second-order valence-corrected chi connectivity index (χ2v) is 9.36. The highest BCUT2D eigenvalue weighted by Crippen LogP contribution is 2.23. The first-order valence-corrected chi connectivity index (χ1v) is 8.75. The molecule has 0 aromatic carbocycles. The van der Waals surface area contributed by atoms with Crippen LogP contribution in [-0.2, 0) is 18.8 Å². The molecule has 1 rings (SSSR count). The van der Waals surface area contributed by atoms with Crippen LogP contribution in [0.25, 0.3) is 0 Å². The molecule has 1 aliphatic heterocycles. The highest BCUT2D eigenvalue weighted by atomic mass is 28.4. The van der Waals surface area contributed by atoms with Gasteiger partial charge in [0.2, 0.25) is 0 Å². The molecule has 0 amide bonds. The molecule has 0 saturated carbocycles. The minimum Gasteiger partial charge on any atom is -0.455 e. The maximum absolute atomic E-state index is 11.2. The lowest BCUT2D eigenvalue weighted by molar-refractivity contribution is -0.140. The molecule has 1 aliphatic rings. The summed E-state index contributed by atoms with van der Waals surface area (Å²) in [6.45, 7) is 7.63. The van der Waals surface area contributed by atoms with Gasteiger partial charge < -0.3 is 9.16 Å². The molecule has 0 radical (unpaired) electrons. The normalized spacial score (nSPS) is 26.1. The van der Waals surface area contributed by atoms with Crippen molar-refractivity contribution in [2.75, 3.05) is 0 Å². The van der Waals surface area contributed by atoms with Gasteiger partial charge in [-0.05, 0) is 38.7 Å².